The van der Waals surface area contributed by atoms with Crippen LogP contribution in [0.3, 0.4) is 0 Å². The van der Waals surface area contributed by atoms with Crippen LogP contribution in [-0.2, 0) is 6.42 Å². The molecule has 1 aromatic rings. The zero-order valence-corrected chi connectivity index (χ0v) is 11.3. The van der Waals surface area contributed by atoms with Gasteiger partial charge in [0.25, 0.3) is 0 Å². The van der Waals surface area contributed by atoms with Gasteiger partial charge in [-0.15, -0.1) is 0 Å². The van der Waals surface area contributed by atoms with Crippen LogP contribution in [-0.4, -0.2) is 12.4 Å². The molecular formula is C13H15BrO2. The molecule has 16 heavy (non-hydrogen) atoms. The van der Waals surface area contributed by atoms with Crippen molar-refractivity contribution in [3.05, 3.63) is 27.7 Å². The minimum absolute atomic E-state index is 0.131. The highest BCUT2D eigenvalue weighted by Gasteiger charge is 2.29. The van der Waals surface area contributed by atoms with Gasteiger partial charge in [-0.25, -0.2) is 0 Å². The maximum absolute atomic E-state index is 12.3. The van der Waals surface area contributed by atoms with E-state index in [9.17, 15) is 4.79 Å². The van der Waals surface area contributed by atoms with Gasteiger partial charge in [-0.05, 0) is 17.7 Å². The molecule has 0 unspecified atom stereocenters. The van der Waals surface area contributed by atoms with E-state index in [1.807, 2.05) is 32.9 Å². The van der Waals surface area contributed by atoms with Crippen molar-refractivity contribution in [3.8, 4) is 5.75 Å². The van der Waals surface area contributed by atoms with Crippen LogP contribution in [0.15, 0.2) is 16.6 Å². The van der Waals surface area contributed by atoms with Gasteiger partial charge in [-0.3, -0.25) is 4.79 Å². The number of carbonyl (C=O) groups excluding carboxylic acids is 1. The maximum Gasteiger partial charge on any atom is 0.171 e. The first-order chi connectivity index (χ1) is 7.39. The Balaban J connectivity index is 2.53. The van der Waals surface area contributed by atoms with E-state index < -0.39 is 0 Å². The highest BCUT2D eigenvalue weighted by atomic mass is 79.9. The molecule has 1 aromatic carbocycles. The second-order valence-electron chi connectivity index (χ2n) is 5.12. The Kier molecular flexibility index (Phi) is 2.82. The van der Waals surface area contributed by atoms with E-state index in [0.29, 0.717) is 12.2 Å². The van der Waals surface area contributed by atoms with Gasteiger partial charge in [0.1, 0.15) is 5.75 Å². The molecule has 0 aromatic heterocycles. The number of rotatable bonds is 1. The normalized spacial score (nSPS) is 14.5. The zero-order valence-electron chi connectivity index (χ0n) is 9.76. The molecule has 0 atom stereocenters. The molecule has 0 fully saturated rings. The molecule has 1 aliphatic rings. The lowest BCUT2D eigenvalue weighted by atomic mass is 9.85. The Morgan fingerprint density at radius 3 is 2.69 bits per heavy atom. The van der Waals surface area contributed by atoms with Crippen LogP contribution in [0, 0.1) is 5.41 Å². The number of carbonyl (C=O) groups is 1. The number of ketones is 1. The Morgan fingerprint density at radius 2 is 2.06 bits per heavy atom. The minimum atomic E-state index is -0.374. The van der Waals surface area contributed by atoms with Crippen LogP contribution in [0.4, 0.5) is 0 Å². The number of ether oxygens (including phenoxy) is 1. The molecule has 0 aliphatic carbocycles. The summed E-state index contributed by atoms with van der Waals surface area (Å²) in [6, 6.07) is 3.89. The summed E-state index contributed by atoms with van der Waals surface area (Å²) in [5.41, 5.74) is 1.46. The van der Waals surface area contributed by atoms with Crippen LogP contribution in [0.5, 0.6) is 5.75 Å². The predicted octanol–water partition coefficient (Wildman–Crippen LogP) is 3.61. The molecule has 3 heteroatoms. The van der Waals surface area contributed by atoms with Gasteiger partial charge in [0.15, 0.2) is 5.78 Å². The van der Waals surface area contributed by atoms with Crippen LogP contribution in [0.2, 0.25) is 0 Å². The number of Topliss-reactive ketones (excluding diaryl/α,β-unsaturated/α-hetero) is 1. The smallest absolute Gasteiger partial charge is 0.171 e. The fraction of sp³-hybridized carbons (Fsp3) is 0.462. The fourth-order valence-electron chi connectivity index (χ4n) is 1.84. The van der Waals surface area contributed by atoms with Crippen molar-refractivity contribution >= 4 is 21.7 Å². The van der Waals surface area contributed by atoms with Crippen LogP contribution < -0.4 is 4.74 Å². The standard InChI is InChI=1S/C13H15BrO2/c1-13(2,3)12(15)10-7-9(14)6-8-4-5-16-11(8)10/h6-7H,4-5H2,1-3H3. The summed E-state index contributed by atoms with van der Waals surface area (Å²) < 4.78 is 6.51. The molecule has 1 aliphatic heterocycles. The quantitative estimate of drug-likeness (QED) is 0.736. The summed E-state index contributed by atoms with van der Waals surface area (Å²) in [6.07, 6.45) is 0.888. The van der Waals surface area contributed by atoms with Gasteiger partial charge < -0.3 is 4.74 Å². The van der Waals surface area contributed by atoms with Crippen LogP contribution >= 0.6 is 15.9 Å². The minimum Gasteiger partial charge on any atom is -0.492 e. The van der Waals surface area contributed by atoms with Crippen LogP contribution in [0.25, 0.3) is 0 Å². The first-order valence-electron chi connectivity index (χ1n) is 5.39. The molecule has 86 valence electrons. The Bertz CT molecular complexity index is 444. The summed E-state index contributed by atoms with van der Waals surface area (Å²) in [4.78, 5) is 12.3. The maximum atomic E-state index is 12.3. The summed E-state index contributed by atoms with van der Waals surface area (Å²) in [5.74, 6) is 0.912. The molecule has 0 radical (unpaired) electrons. The van der Waals surface area contributed by atoms with Crippen molar-refractivity contribution in [2.24, 2.45) is 5.41 Å². The number of hydrogen-bond donors (Lipinski definition) is 0. The molecule has 1 heterocycles. The van der Waals surface area contributed by atoms with Crippen molar-refractivity contribution in [2.75, 3.05) is 6.61 Å². The molecule has 0 saturated carbocycles. The van der Waals surface area contributed by atoms with Gasteiger partial charge >= 0.3 is 0 Å². The SMILES string of the molecule is CC(C)(C)C(=O)c1cc(Br)cc2c1OCC2. The number of halogens is 1. The van der Waals surface area contributed by atoms with E-state index in [1.54, 1.807) is 0 Å². The van der Waals surface area contributed by atoms with Crippen molar-refractivity contribution in [2.45, 2.75) is 27.2 Å². The Labute approximate surface area is 104 Å². The monoisotopic (exact) mass is 282 g/mol. The second kappa shape index (κ2) is 3.88. The Morgan fingerprint density at radius 1 is 1.38 bits per heavy atom. The average Bonchev–Trinajstić information content (AvgIpc) is 2.61. The van der Waals surface area contributed by atoms with E-state index in [2.05, 4.69) is 15.9 Å². The topological polar surface area (TPSA) is 26.3 Å². The first kappa shape index (κ1) is 11.6. The van der Waals surface area contributed by atoms with E-state index in [0.717, 1.165) is 22.2 Å². The number of benzene rings is 1. The van der Waals surface area contributed by atoms with Crippen molar-refractivity contribution in [1.82, 2.24) is 0 Å². The van der Waals surface area contributed by atoms with E-state index in [1.165, 1.54) is 0 Å². The number of hydrogen-bond acceptors (Lipinski definition) is 2. The highest BCUT2D eigenvalue weighted by molar-refractivity contribution is 9.10. The molecule has 0 N–H and O–H groups in total. The predicted molar refractivity (Wildman–Crippen MR) is 67.1 cm³/mol. The molecule has 2 rings (SSSR count). The second-order valence-corrected chi connectivity index (χ2v) is 6.03. The summed E-state index contributed by atoms with van der Waals surface area (Å²) in [7, 11) is 0. The summed E-state index contributed by atoms with van der Waals surface area (Å²) in [6.45, 7) is 6.46. The highest BCUT2D eigenvalue weighted by Crippen LogP contribution is 2.36. The van der Waals surface area contributed by atoms with Crippen molar-refractivity contribution in [1.29, 1.82) is 0 Å². The average molecular weight is 283 g/mol. The third-order valence-corrected chi connectivity index (χ3v) is 3.13. The van der Waals surface area contributed by atoms with Gasteiger partial charge in [-0.2, -0.15) is 0 Å². The molecule has 0 amide bonds. The molecular weight excluding hydrogens is 268 g/mol. The van der Waals surface area contributed by atoms with Crippen molar-refractivity contribution < 1.29 is 9.53 Å². The molecule has 0 spiro atoms. The van der Waals surface area contributed by atoms with Gasteiger partial charge in [0, 0.05) is 16.3 Å². The lowest BCUT2D eigenvalue weighted by Gasteiger charge is -2.18. The van der Waals surface area contributed by atoms with Gasteiger partial charge in [0.2, 0.25) is 0 Å². The summed E-state index contributed by atoms with van der Waals surface area (Å²) >= 11 is 3.44. The van der Waals surface area contributed by atoms with Crippen LogP contribution in [0.1, 0.15) is 36.7 Å². The van der Waals surface area contributed by atoms with E-state index in [4.69, 9.17) is 4.74 Å². The van der Waals surface area contributed by atoms with E-state index >= 15 is 0 Å². The van der Waals surface area contributed by atoms with Gasteiger partial charge in [-0.1, -0.05) is 36.7 Å². The zero-order chi connectivity index (χ0) is 11.9. The van der Waals surface area contributed by atoms with E-state index in [-0.39, 0.29) is 11.2 Å². The fourth-order valence-corrected chi connectivity index (χ4v) is 2.35. The summed E-state index contributed by atoms with van der Waals surface area (Å²) in [5, 5.41) is 0. The van der Waals surface area contributed by atoms with Gasteiger partial charge in [0.05, 0.1) is 12.2 Å². The molecule has 0 bridgehead atoms. The lowest BCUT2D eigenvalue weighted by Crippen LogP contribution is -2.20. The lowest BCUT2D eigenvalue weighted by molar-refractivity contribution is 0.0855. The first-order valence-corrected chi connectivity index (χ1v) is 6.19. The number of fused-ring (bicyclic) bond motifs is 1. The molecule has 0 saturated heterocycles. The third-order valence-electron chi connectivity index (χ3n) is 2.67. The Hall–Kier alpha value is -0.830. The third kappa shape index (κ3) is 2.01. The largest absolute Gasteiger partial charge is 0.492 e. The van der Waals surface area contributed by atoms with Crippen molar-refractivity contribution in [3.63, 3.8) is 0 Å². The molecule has 2 nitrogen and oxygen atoms in total.